The van der Waals surface area contributed by atoms with E-state index in [0.29, 0.717) is 64.6 Å². The summed E-state index contributed by atoms with van der Waals surface area (Å²) in [4.78, 5) is 49.6. The van der Waals surface area contributed by atoms with E-state index in [2.05, 4.69) is 4.98 Å². The van der Waals surface area contributed by atoms with E-state index in [1.807, 2.05) is 74.4 Å². The Balaban J connectivity index is 1.13. The van der Waals surface area contributed by atoms with Crippen LogP contribution in [0.1, 0.15) is 34.8 Å². The van der Waals surface area contributed by atoms with Crippen molar-refractivity contribution < 1.29 is 28.6 Å². The molecule has 1 atom stereocenters. The fraction of sp³-hybridized carbons (Fsp3) is 0.375. The molecule has 4 aromatic rings. The molecule has 0 saturated carbocycles. The maximum Gasteiger partial charge on any atom is 0.410 e. The van der Waals surface area contributed by atoms with Gasteiger partial charge < -0.3 is 24.0 Å². The molecule has 1 saturated heterocycles. The molecule has 0 spiro atoms. The summed E-state index contributed by atoms with van der Waals surface area (Å²) in [7, 11) is 0. The molecule has 3 amide bonds. The van der Waals surface area contributed by atoms with Crippen molar-refractivity contribution >= 4 is 34.2 Å². The predicted octanol–water partition coefficient (Wildman–Crippen LogP) is 3.55. The van der Waals surface area contributed by atoms with Crippen molar-refractivity contribution in [1.29, 1.82) is 0 Å². The molecule has 2 aromatic carbocycles. The second-order valence-electron chi connectivity index (χ2n) is 11.1. The van der Waals surface area contributed by atoms with E-state index >= 15 is 0 Å². The second kappa shape index (κ2) is 12.2. The van der Waals surface area contributed by atoms with Gasteiger partial charge in [-0.05, 0) is 53.8 Å². The number of cyclic esters (lactones) is 1. The number of fused-ring (bicyclic) bond motifs is 9. The third kappa shape index (κ3) is 5.81. The molecule has 44 heavy (non-hydrogen) atoms. The Morgan fingerprint density at radius 1 is 0.932 bits per heavy atom. The van der Waals surface area contributed by atoms with Gasteiger partial charge in [0.1, 0.15) is 31.3 Å². The molecule has 6 heterocycles. The lowest BCUT2D eigenvalue weighted by Crippen LogP contribution is -2.45. The SMILES string of the molecule is O=C(Cc1cn2ccsc2n1)N1CCCOc2cccc(c2)C2c3ccc(cc3CCN2C(=O)CN2CCOC2=O)OCC1. The molecule has 1 fully saturated rings. The number of aromatic nitrogens is 2. The van der Waals surface area contributed by atoms with Gasteiger partial charge in [-0.25, -0.2) is 9.78 Å². The summed E-state index contributed by atoms with van der Waals surface area (Å²) < 4.78 is 19.3. The molecular weight excluding hydrogens is 582 g/mol. The van der Waals surface area contributed by atoms with Crippen molar-refractivity contribution in [2.45, 2.75) is 25.3 Å². The summed E-state index contributed by atoms with van der Waals surface area (Å²) in [5, 5.41) is 1.97. The number of amides is 3. The first kappa shape index (κ1) is 28.2. The van der Waals surface area contributed by atoms with E-state index in [1.165, 1.54) is 4.90 Å². The van der Waals surface area contributed by atoms with Crippen LogP contribution >= 0.6 is 11.3 Å². The third-order valence-corrected chi connectivity index (χ3v) is 9.08. The molecule has 4 aliphatic heterocycles. The monoisotopic (exact) mass is 615 g/mol. The minimum Gasteiger partial charge on any atom is -0.494 e. The first-order chi connectivity index (χ1) is 21.5. The quantitative estimate of drug-likeness (QED) is 0.346. The van der Waals surface area contributed by atoms with Crippen molar-refractivity contribution in [1.82, 2.24) is 24.1 Å². The minimum absolute atomic E-state index is 0.00250. The fourth-order valence-corrected chi connectivity index (χ4v) is 6.85. The molecule has 11 nitrogen and oxygen atoms in total. The Hall–Kier alpha value is -4.58. The number of nitrogens with zero attached hydrogens (tertiary/aromatic N) is 5. The van der Waals surface area contributed by atoms with E-state index in [-0.39, 0.29) is 30.8 Å². The molecule has 1 unspecified atom stereocenters. The molecule has 228 valence electrons. The van der Waals surface area contributed by atoms with Gasteiger partial charge in [-0.1, -0.05) is 18.2 Å². The van der Waals surface area contributed by atoms with Crippen LogP contribution in [-0.2, 0) is 27.2 Å². The molecular formula is C32H33N5O6S. The normalized spacial score (nSPS) is 18.7. The maximum atomic E-state index is 13.6. The van der Waals surface area contributed by atoms with E-state index in [4.69, 9.17) is 14.2 Å². The fourth-order valence-electron chi connectivity index (χ4n) is 6.13. The maximum absolute atomic E-state index is 13.6. The lowest BCUT2D eigenvalue weighted by atomic mass is 9.87. The first-order valence-corrected chi connectivity index (χ1v) is 15.8. The number of hydrogen-bond acceptors (Lipinski definition) is 8. The Morgan fingerprint density at radius 2 is 1.80 bits per heavy atom. The lowest BCUT2D eigenvalue weighted by Gasteiger charge is -2.38. The van der Waals surface area contributed by atoms with Crippen LogP contribution in [0, 0.1) is 0 Å². The van der Waals surface area contributed by atoms with Gasteiger partial charge in [0.05, 0.1) is 37.9 Å². The first-order valence-electron chi connectivity index (χ1n) is 14.9. The van der Waals surface area contributed by atoms with Gasteiger partial charge in [0.25, 0.3) is 0 Å². The number of carbonyl (C=O) groups is 3. The number of thiazole rings is 1. The highest BCUT2D eigenvalue weighted by Crippen LogP contribution is 2.38. The lowest BCUT2D eigenvalue weighted by molar-refractivity contribution is -0.134. The minimum atomic E-state index is -0.451. The Bertz CT molecular complexity index is 1670. The van der Waals surface area contributed by atoms with Crippen LogP contribution in [0.3, 0.4) is 0 Å². The number of ether oxygens (including phenoxy) is 3. The molecule has 0 N–H and O–H groups in total. The van der Waals surface area contributed by atoms with E-state index in [9.17, 15) is 14.4 Å². The number of carbonyl (C=O) groups excluding carboxylic acids is 3. The topological polar surface area (TPSA) is 106 Å². The van der Waals surface area contributed by atoms with Gasteiger partial charge in [0.15, 0.2) is 4.96 Å². The van der Waals surface area contributed by atoms with Crippen molar-refractivity contribution in [3.05, 3.63) is 82.6 Å². The van der Waals surface area contributed by atoms with Crippen LogP contribution in [0.2, 0.25) is 0 Å². The van der Waals surface area contributed by atoms with Crippen LogP contribution < -0.4 is 9.47 Å². The largest absolute Gasteiger partial charge is 0.494 e. The number of imidazole rings is 1. The molecule has 8 rings (SSSR count). The average Bonchev–Trinajstić information content (AvgIpc) is 3.74. The molecule has 2 aromatic heterocycles. The summed E-state index contributed by atoms with van der Waals surface area (Å²) in [6.45, 7) is 2.94. The zero-order valence-corrected chi connectivity index (χ0v) is 25.0. The molecule has 12 heteroatoms. The van der Waals surface area contributed by atoms with E-state index < -0.39 is 6.09 Å². The van der Waals surface area contributed by atoms with Crippen molar-refractivity contribution in [2.75, 3.05) is 52.5 Å². The van der Waals surface area contributed by atoms with E-state index in [0.717, 1.165) is 33.1 Å². The average molecular weight is 616 g/mol. The van der Waals surface area contributed by atoms with Gasteiger partial charge in [-0.15, -0.1) is 11.3 Å². The predicted molar refractivity (Wildman–Crippen MR) is 162 cm³/mol. The van der Waals surface area contributed by atoms with E-state index in [1.54, 1.807) is 11.3 Å². The van der Waals surface area contributed by atoms with Crippen LogP contribution in [0.5, 0.6) is 11.5 Å². The summed E-state index contributed by atoms with van der Waals surface area (Å²) in [6.07, 6.45) is 4.92. The Morgan fingerprint density at radius 3 is 2.66 bits per heavy atom. The zero-order valence-electron chi connectivity index (χ0n) is 24.2. The van der Waals surface area contributed by atoms with Gasteiger partial charge in [0, 0.05) is 30.9 Å². The Labute approximate surface area is 258 Å². The summed E-state index contributed by atoms with van der Waals surface area (Å²) in [5.41, 5.74) is 3.80. The highest BCUT2D eigenvalue weighted by Gasteiger charge is 2.35. The van der Waals surface area contributed by atoms with Crippen LogP contribution in [0.25, 0.3) is 4.96 Å². The molecule has 0 radical (unpaired) electrons. The molecule has 0 aliphatic carbocycles. The highest BCUT2D eigenvalue weighted by atomic mass is 32.1. The van der Waals surface area contributed by atoms with Crippen LogP contribution in [0.15, 0.2) is 60.2 Å². The smallest absolute Gasteiger partial charge is 0.410 e. The standard InChI is InChI=1S/C32H33N5O6S/c38-28(19-24-20-35-12-16-44-31(35)33-24)34-8-2-13-41-25-4-1-3-23(18-25)30-27-6-5-26(42-14-10-34)17-22(27)7-9-37(30)29(39)21-36-11-15-43-32(36)40/h1,3-6,12,16-18,20,30H,2,7-11,13-15,19,21H2. The van der Waals surface area contributed by atoms with Gasteiger partial charge in [0.2, 0.25) is 11.8 Å². The van der Waals surface area contributed by atoms with Crippen molar-refractivity contribution in [3.8, 4) is 11.5 Å². The second-order valence-corrected chi connectivity index (χ2v) is 12.0. The van der Waals surface area contributed by atoms with Gasteiger partial charge >= 0.3 is 6.09 Å². The van der Waals surface area contributed by atoms with Crippen molar-refractivity contribution in [3.63, 3.8) is 0 Å². The number of rotatable bonds is 4. The van der Waals surface area contributed by atoms with Crippen LogP contribution in [0.4, 0.5) is 4.79 Å². The van der Waals surface area contributed by atoms with Crippen molar-refractivity contribution in [2.24, 2.45) is 0 Å². The summed E-state index contributed by atoms with van der Waals surface area (Å²) in [6, 6.07) is 13.5. The van der Waals surface area contributed by atoms with Gasteiger partial charge in [-0.3, -0.25) is 18.9 Å². The summed E-state index contributed by atoms with van der Waals surface area (Å²) >= 11 is 1.54. The molecule has 4 aliphatic rings. The molecule has 6 bridgehead atoms. The summed E-state index contributed by atoms with van der Waals surface area (Å²) in [5.74, 6) is 1.31. The van der Waals surface area contributed by atoms with Crippen LogP contribution in [-0.4, -0.2) is 94.5 Å². The highest BCUT2D eigenvalue weighted by molar-refractivity contribution is 7.15. The van der Waals surface area contributed by atoms with Gasteiger partial charge in [-0.2, -0.15) is 0 Å². The number of hydrogen-bond donors (Lipinski definition) is 0. The zero-order chi connectivity index (χ0) is 30.0. The Kier molecular flexibility index (Phi) is 7.82. The number of benzene rings is 2. The third-order valence-electron chi connectivity index (χ3n) is 8.31.